The van der Waals surface area contributed by atoms with Crippen molar-refractivity contribution in [1.82, 2.24) is 19.7 Å². The molecule has 6 heteroatoms. The fourth-order valence-electron chi connectivity index (χ4n) is 2.72. The third-order valence-electron chi connectivity index (χ3n) is 3.89. The highest BCUT2D eigenvalue weighted by molar-refractivity contribution is 5.76. The number of rotatable bonds is 3. The van der Waals surface area contributed by atoms with Gasteiger partial charge in [-0.25, -0.2) is 0 Å². The Balaban J connectivity index is 1.67. The molecule has 22 heavy (non-hydrogen) atoms. The molecule has 1 aliphatic heterocycles. The number of carbonyl (C=O) groups is 1. The molecule has 0 spiro atoms. The molecule has 3 rings (SSSR count). The molecule has 116 valence electrons. The van der Waals surface area contributed by atoms with Crippen molar-refractivity contribution in [3.8, 4) is 0 Å². The number of ether oxygens (including phenoxy) is 1. The Labute approximate surface area is 129 Å². The van der Waals surface area contributed by atoms with Gasteiger partial charge in [0.15, 0.2) is 0 Å². The van der Waals surface area contributed by atoms with E-state index in [0.717, 1.165) is 17.0 Å². The first-order chi connectivity index (χ1) is 10.6. The van der Waals surface area contributed by atoms with E-state index in [1.165, 1.54) is 0 Å². The summed E-state index contributed by atoms with van der Waals surface area (Å²) in [5.41, 5.74) is 2.99. The van der Waals surface area contributed by atoms with Crippen LogP contribution in [0.3, 0.4) is 0 Å². The zero-order valence-electron chi connectivity index (χ0n) is 12.9. The second kappa shape index (κ2) is 6.27. The molecule has 0 aliphatic carbocycles. The van der Waals surface area contributed by atoms with Crippen LogP contribution in [0.5, 0.6) is 0 Å². The van der Waals surface area contributed by atoms with Crippen molar-refractivity contribution in [3.63, 3.8) is 0 Å². The molecule has 2 aromatic heterocycles. The number of hydrogen-bond donors (Lipinski definition) is 0. The number of hydrogen-bond acceptors (Lipinski definition) is 4. The van der Waals surface area contributed by atoms with Gasteiger partial charge in [-0.2, -0.15) is 5.10 Å². The van der Waals surface area contributed by atoms with Crippen LogP contribution in [0, 0.1) is 13.8 Å². The minimum Gasteiger partial charge on any atom is -0.370 e. The lowest BCUT2D eigenvalue weighted by atomic mass is 10.1. The maximum Gasteiger partial charge on any atom is 0.244 e. The summed E-state index contributed by atoms with van der Waals surface area (Å²) >= 11 is 0. The van der Waals surface area contributed by atoms with Crippen molar-refractivity contribution >= 4 is 5.91 Å². The van der Waals surface area contributed by atoms with Crippen molar-refractivity contribution in [3.05, 3.63) is 47.5 Å². The molecule has 0 aromatic carbocycles. The number of aryl methyl sites for hydroxylation is 2. The van der Waals surface area contributed by atoms with Crippen molar-refractivity contribution in [2.24, 2.45) is 0 Å². The topological polar surface area (TPSA) is 60.2 Å². The third kappa shape index (κ3) is 3.17. The van der Waals surface area contributed by atoms with Gasteiger partial charge in [0.05, 0.1) is 18.8 Å². The average molecular weight is 300 g/mol. The lowest BCUT2D eigenvalue weighted by Gasteiger charge is -2.33. The molecule has 1 aliphatic rings. The largest absolute Gasteiger partial charge is 0.370 e. The second-order valence-electron chi connectivity index (χ2n) is 5.56. The van der Waals surface area contributed by atoms with Gasteiger partial charge in [0.1, 0.15) is 12.6 Å². The Kier molecular flexibility index (Phi) is 4.20. The van der Waals surface area contributed by atoms with E-state index in [1.807, 2.05) is 36.9 Å². The smallest absolute Gasteiger partial charge is 0.244 e. The van der Waals surface area contributed by atoms with Crippen LogP contribution in [0.25, 0.3) is 0 Å². The van der Waals surface area contributed by atoms with E-state index in [4.69, 9.17) is 4.74 Å². The van der Waals surface area contributed by atoms with Crippen LogP contribution in [0.15, 0.2) is 30.6 Å². The molecule has 1 atom stereocenters. The Morgan fingerprint density at radius 3 is 2.82 bits per heavy atom. The number of morpholine rings is 1. The van der Waals surface area contributed by atoms with E-state index in [-0.39, 0.29) is 18.6 Å². The highest BCUT2D eigenvalue weighted by Gasteiger charge is 2.25. The number of amides is 1. The Morgan fingerprint density at radius 2 is 2.14 bits per heavy atom. The zero-order valence-corrected chi connectivity index (χ0v) is 12.9. The normalized spacial score (nSPS) is 18.5. The number of carbonyl (C=O) groups excluding carboxylic acids is 1. The molecule has 3 heterocycles. The van der Waals surface area contributed by atoms with Gasteiger partial charge in [-0.3, -0.25) is 14.5 Å². The highest BCUT2D eigenvalue weighted by Crippen LogP contribution is 2.21. The Hall–Kier alpha value is -2.21. The van der Waals surface area contributed by atoms with Gasteiger partial charge in [0.2, 0.25) is 5.91 Å². The van der Waals surface area contributed by atoms with Crippen LogP contribution < -0.4 is 0 Å². The molecular formula is C16H20N4O2. The molecule has 1 fully saturated rings. The molecule has 0 radical (unpaired) electrons. The number of nitrogens with zero attached hydrogens (tertiary/aromatic N) is 4. The number of pyridine rings is 1. The van der Waals surface area contributed by atoms with Crippen LogP contribution >= 0.6 is 0 Å². The fourth-order valence-corrected chi connectivity index (χ4v) is 2.72. The van der Waals surface area contributed by atoms with Gasteiger partial charge in [-0.1, -0.05) is 0 Å². The summed E-state index contributed by atoms with van der Waals surface area (Å²) in [6.45, 7) is 5.93. The zero-order chi connectivity index (χ0) is 15.5. The van der Waals surface area contributed by atoms with E-state index < -0.39 is 0 Å². The maximum atomic E-state index is 12.5. The summed E-state index contributed by atoms with van der Waals surface area (Å²) in [5, 5.41) is 4.35. The van der Waals surface area contributed by atoms with Crippen molar-refractivity contribution in [1.29, 1.82) is 0 Å². The second-order valence-corrected chi connectivity index (χ2v) is 5.56. The fraction of sp³-hybridized carbons (Fsp3) is 0.438. The monoisotopic (exact) mass is 300 g/mol. The lowest BCUT2D eigenvalue weighted by molar-refractivity contribution is -0.139. The molecule has 2 aromatic rings. The molecule has 0 bridgehead atoms. The van der Waals surface area contributed by atoms with E-state index in [1.54, 1.807) is 17.1 Å². The Morgan fingerprint density at radius 1 is 1.36 bits per heavy atom. The van der Waals surface area contributed by atoms with Gasteiger partial charge >= 0.3 is 0 Å². The number of aromatic nitrogens is 3. The third-order valence-corrected chi connectivity index (χ3v) is 3.89. The minimum absolute atomic E-state index is 0.0774. The van der Waals surface area contributed by atoms with E-state index in [2.05, 4.69) is 10.1 Å². The summed E-state index contributed by atoms with van der Waals surface area (Å²) in [6.07, 6.45) is 3.41. The minimum atomic E-state index is -0.0823. The van der Waals surface area contributed by atoms with E-state index >= 15 is 0 Å². The molecule has 0 saturated carbocycles. The molecule has 1 saturated heterocycles. The predicted octanol–water partition coefficient (Wildman–Crippen LogP) is 1.50. The van der Waals surface area contributed by atoms with Crippen LogP contribution in [0.4, 0.5) is 0 Å². The van der Waals surface area contributed by atoms with Gasteiger partial charge in [0, 0.05) is 24.6 Å². The lowest BCUT2D eigenvalue weighted by Crippen LogP contribution is -2.43. The van der Waals surface area contributed by atoms with Gasteiger partial charge in [0.25, 0.3) is 0 Å². The Bertz CT molecular complexity index is 653. The van der Waals surface area contributed by atoms with Crippen LogP contribution in [-0.4, -0.2) is 45.3 Å². The van der Waals surface area contributed by atoms with Crippen LogP contribution in [0.2, 0.25) is 0 Å². The van der Waals surface area contributed by atoms with Crippen molar-refractivity contribution in [2.45, 2.75) is 26.5 Å². The molecule has 0 N–H and O–H groups in total. The molecule has 1 amide bonds. The SMILES string of the molecule is Cc1cc(C)n(CC(=O)N2CCO[C@H](c3ccncc3)C2)n1. The summed E-state index contributed by atoms with van der Waals surface area (Å²) in [6, 6.07) is 5.84. The predicted molar refractivity (Wildman–Crippen MR) is 81.2 cm³/mol. The summed E-state index contributed by atoms with van der Waals surface area (Å²) < 4.78 is 7.54. The standard InChI is InChI=1S/C16H20N4O2/c1-12-9-13(2)20(18-12)11-16(21)19-7-8-22-15(10-19)14-3-5-17-6-4-14/h3-6,9,15H,7-8,10-11H2,1-2H3/t15-/m0/s1. The van der Waals surface area contributed by atoms with Crippen molar-refractivity contribution in [2.75, 3.05) is 19.7 Å². The van der Waals surface area contributed by atoms with Crippen LogP contribution in [-0.2, 0) is 16.1 Å². The summed E-state index contributed by atoms with van der Waals surface area (Å²) in [5.74, 6) is 0.0774. The quantitative estimate of drug-likeness (QED) is 0.862. The summed E-state index contributed by atoms with van der Waals surface area (Å²) in [7, 11) is 0. The van der Waals surface area contributed by atoms with Gasteiger partial charge in [-0.05, 0) is 37.6 Å². The first-order valence-electron chi connectivity index (χ1n) is 7.44. The maximum absolute atomic E-state index is 12.5. The van der Waals surface area contributed by atoms with Gasteiger partial charge < -0.3 is 9.64 Å². The molecule has 0 unspecified atom stereocenters. The van der Waals surface area contributed by atoms with Crippen LogP contribution in [0.1, 0.15) is 23.1 Å². The van der Waals surface area contributed by atoms with Gasteiger partial charge in [-0.15, -0.1) is 0 Å². The highest BCUT2D eigenvalue weighted by atomic mass is 16.5. The molecule has 6 nitrogen and oxygen atoms in total. The first kappa shape index (κ1) is 14.7. The van der Waals surface area contributed by atoms with Crippen molar-refractivity contribution < 1.29 is 9.53 Å². The molecular weight excluding hydrogens is 280 g/mol. The first-order valence-corrected chi connectivity index (χ1v) is 7.44. The average Bonchev–Trinajstić information content (AvgIpc) is 2.86. The van der Waals surface area contributed by atoms with E-state index in [9.17, 15) is 4.79 Å². The summed E-state index contributed by atoms with van der Waals surface area (Å²) in [4.78, 5) is 18.4. The van der Waals surface area contributed by atoms with E-state index in [0.29, 0.717) is 19.7 Å².